The molecule has 0 saturated heterocycles. The zero-order valence-electron chi connectivity index (χ0n) is 14.7. The maximum absolute atomic E-state index is 5.38. The van der Waals surface area contributed by atoms with E-state index in [-0.39, 0.29) is 18.4 Å². The molecule has 4 heterocycles. The molecule has 0 aromatic carbocycles. The first-order valence-corrected chi connectivity index (χ1v) is 8.25. The van der Waals surface area contributed by atoms with E-state index in [4.69, 9.17) is 9.83 Å². The van der Waals surface area contributed by atoms with Gasteiger partial charge in [-0.2, -0.15) is 5.10 Å². The minimum Gasteiger partial charge on any atom is -0.333 e. The van der Waals surface area contributed by atoms with Crippen LogP contribution in [0.15, 0.2) is 58.6 Å². The molecule has 0 saturated carbocycles. The van der Waals surface area contributed by atoms with Gasteiger partial charge in [0.05, 0.1) is 25.2 Å². The first-order chi connectivity index (χ1) is 11.7. The quantitative estimate of drug-likeness (QED) is 0.824. The molecular weight excluding hydrogens is 340 g/mol. The monoisotopic (exact) mass is 362 g/mol. The van der Waals surface area contributed by atoms with Gasteiger partial charge in [0.25, 0.3) is 0 Å². The van der Waals surface area contributed by atoms with Crippen LogP contribution in [0.3, 0.4) is 0 Å². The molecule has 134 valence electrons. The summed E-state index contributed by atoms with van der Waals surface area (Å²) in [6.45, 7) is 5.95. The van der Waals surface area contributed by atoms with Gasteiger partial charge in [-0.3, -0.25) is 14.5 Å². The van der Waals surface area contributed by atoms with Gasteiger partial charge >= 0.3 is 0 Å². The summed E-state index contributed by atoms with van der Waals surface area (Å²) in [5.41, 5.74) is 3.31. The van der Waals surface area contributed by atoms with E-state index < -0.39 is 0 Å². The Balaban J connectivity index is 0.00000182. The third-order valence-corrected chi connectivity index (χ3v) is 4.50. The second-order valence-electron chi connectivity index (χ2n) is 6.15. The van der Waals surface area contributed by atoms with E-state index in [1.165, 1.54) is 5.57 Å². The van der Waals surface area contributed by atoms with E-state index in [2.05, 4.69) is 34.9 Å². The lowest BCUT2D eigenvalue weighted by atomic mass is 10.0. The summed E-state index contributed by atoms with van der Waals surface area (Å²) >= 11 is 0. The Morgan fingerprint density at radius 3 is 2.84 bits per heavy atom. The highest BCUT2D eigenvalue weighted by Gasteiger charge is 2.37. The van der Waals surface area contributed by atoms with Crippen LogP contribution in [0.5, 0.6) is 0 Å². The third-order valence-electron chi connectivity index (χ3n) is 4.50. The van der Waals surface area contributed by atoms with Crippen molar-refractivity contribution in [3.05, 3.63) is 53.6 Å². The highest BCUT2D eigenvalue weighted by Crippen LogP contribution is 2.40. The maximum Gasteiger partial charge on any atom is 0.139 e. The number of allylic oxidation sites excluding steroid dienone is 2. The average Bonchev–Trinajstić information content (AvgIpc) is 3.23. The number of hydrogen-bond donors (Lipinski definition) is 0. The Morgan fingerprint density at radius 1 is 1.32 bits per heavy atom. The molecule has 0 spiro atoms. The highest BCUT2D eigenvalue weighted by atomic mass is 35.5. The molecule has 3 aliphatic rings. The molecule has 25 heavy (non-hydrogen) atoms. The minimum atomic E-state index is 0. The van der Waals surface area contributed by atoms with E-state index in [9.17, 15) is 0 Å². The fourth-order valence-corrected chi connectivity index (χ4v) is 3.48. The Kier molecular flexibility index (Phi) is 4.87. The van der Waals surface area contributed by atoms with Gasteiger partial charge in [0, 0.05) is 25.1 Å². The molecule has 0 bridgehead atoms. The van der Waals surface area contributed by atoms with Gasteiger partial charge in [-0.25, -0.2) is 5.06 Å². The molecule has 4 rings (SSSR count). The van der Waals surface area contributed by atoms with Gasteiger partial charge in [0.15, 0.2) is 0 Å². The number of halogens is 1. The predicted octanol–water partition coefficient (Wildman–Crippen LogP) is 2.71. The summed E-state index contributed by atoms with van der Waals surface area (Å²) in [6, 6.07) is 1.98. The minimum absolute atomic E-state index is 0. The maximum atomic E-state index is 5.38. The molecule has 0 aliphatic carbocycles. The topological polar surface area (TPSA) is 49.1 Å². The van der Waals surface area contributed by atoms with Gasteiger partial charge in [-0.05, 0) is 25.0 Å². The van der Waals surface area contributed by atoms with Crippen molar-refractivity contribution in [1.82, 2.24) is 24.6 Å². The molecule has 0 N–H and O–H groups in total. The van der Waals surface area contributed by atoms with Crippen LogP contribution in [0, 0.1) is 0 Å². The Labute approximate surface area is 153 Å². The largest absolute Gasteiger partial charge is 0.333 e. The number of hydrogen-bond acceptors (Lipinski definition) is 6. The SMILES string of the molecule is CCCN1C=C(C)C(n2cccn2)C2=C1N1CN(OC)C=C1C=N2.Cl. The third kappa shape index (κ3) is 2.83. The van der Waals surface area contributed by atoms with Crippen LogP contribution in [0.2, 0.25) is 0 Å². The lowest BCUT2D eigenvalue weighted by molar-refractivity contribution is -0.0968. The normalized spacial score (nSPS) is 21.7. The smallest absolute Gasteiger partial charge is 0.139 e. The standard InChI is InChI=1S/C17H22N6O.ClH/c1-4-7-20-10-13(2)16(23-8-5-6-19-23)15-17(20)22-12-21(24-3)11-14(22)9-18-15;/h5-6,8-11,16H,4,7,12H2,1-3H3;1H. The molecule has 3 aliphatic heterocycles. The van der Waals surface area contributed by atoms with Gasteiger partial charge in [0.1, 0.15) is 24.2 Å². The first-order valence-electron chi connectivity index (χ1n) is 8.25. The van der Waals surface area contributed by atoms with Gasteiger partial charge in [-0.15, -0.1) is 12.4 Å². The van der Waals surface area contributed by atoms with Crippen molar-refractivity contribution in [3.8, 4) is 0 Å². The Hall–Kier alpha value is -2.25. The second-order valence-corrected chi connectivity index (χ2v) is 6.15. The van der Waals surface area contributed by atoms with Crippen LogP contribution in [-0.4, -0.2) is 51.2 Å². The summed E-state index contributed by atoms with van der Waals surface area (Å²) in [4.78, 5) is 14.7. The molecule has 1 unspecified atom stereocenters. The van der Waals surface area contributed by atoms with Crippen LogP contribution in [0.1, 0.15) is 26.3 Å². The van der Waals surface area contributed by atoms with E-state index in [0.29, 0.717) is 6.67 Å². The number of rotatable bonds is 4. The Morgan fingerprint density at radius 2 is 2.16 bits per heavy atom. The lowest BCUT2D eigenvalue weighted by Crippen LogP contribution is -2.40. The predicted molar refractivity (Wildman–Crippen MR) is 98.4 cm³/mol. The summed E-state index contributed by atoms with van der Waals surface area (Å²) < 4.78 is 1.97. The second kappa shape index (κ2) is 6.93. The van der Waals surface area contributed by atoms with Crippen LogP contribution in [0.4, 0.5) is 0 Å². The van der Waals surface area contributed by atoms with Gasteiger partial charge in [-0.1, -0.05) is 6.92 Å². The van der Waals surface area contributed by atoms with Gasteiger partial charge in [0.2, 0.25) is 0 Å². The number of hydroxylamine groups is 2. The molecule has 0 fully saturated rings. The fourth-order valence-electron chi connectivity index (χ4n) is 3.48. The molecule has 0 amide bonds. The number of nitrogens with zero attached hydrogens (tertiary/aromatic N) is 6. The molecule has 1 aromatic rings. The Bertz CT molecular complexity index is 751. The van der Waals surface area contributed by atoms with Gasteiger partial charge < -0.3 is 9.80 Å². The van der Waals surface area contributed by atoms with Crippen molar-refractivity contribution >= 4 is 18.6 Å². The van der Waals surface area contributed by atoms with Crippen LogP contribution in [-0.2, 0) is 4.84 Å². The van der Waals surface area contributed by atoms with Crippen molar-refractivity contribution in [2.45, 2.75) is 26.3 Å². The number of aliphatic imine (C=N–C) groups is 1. The summed E-state index contributed by atoms with van der Waals surface area (Å²) in [5.74, 6) is 1.12. The molecule has 7 nitrogen and oxygen atoms in total. The number of aromatic nitrogens is 2. The van der Waals surface area contributed by atoms with Crippen LogP contribution in [0.25, 0.3) is 0 Å². The van der Waals surface area contributed by atoms with E-state index in [0.717, 1.165) is 30.2 Å². The van der Waals surface area contributed by atoms with Crippen molar-refractivity contribution in [2.24, 2.45) is 4.99 Å². The van der Waals surface area contributed by atoms with Crippen molar-refractivity contribution in [2.75, 3.05) is 20.3 Å². The fraction of sp³-hybridized carbons (Fsp3) is 0.412. The zero-order chi connectivity index (χ0) is 16.7. The van der Waals surface area contributed by atoms with Crippen molar-refractivity contribution in [3.63, 3.8) is 0 Å². The first kappa shape index (κ1) is 17.6. The summed E-state index contributed by atoms with van der Waals surface area (Å²) in [5, 5.41) is 6.27. The van der Waals surface area contributed by atoms with E-state index >= 15 is 0 Å². The van der Waals surface area contributed by atoms with Crippen LogP contribution < -0.4 is 0 Å². The molecule has 1 atom stereocenters. The van der Waals surface area contributed by atoms with Crippen LogP contribution >= 0.6 is 12.4 Å². The zero-order valence-corrected chi connectivity index (χ0v) is 15.5. The molecule has 1 aromatic heterocycles. The highest BCUT2D eigenvalue weighted by molar-refractivity contribution is 5.85. The number of fused-ring (bicyclic) bond motifs is 2. The summed E-state index contributed by atoms with van der Waals surface area (Å²) in [7, 11) is 1.68. The molecule has 8 heteroatoms. The lowest BCUT2D eigenvalue weighted by Gasteiger charge is -2.40. The average molecular weight is 363 g/mol. The van der Waals surface area contributed by atoms with E-state index in [1.54, 1.807) is 7.11 Å². The van der Waals surface area contributed by atoms with Crippen molar-refractivity contribution in [1.29, 1.82) is 0 Å². The summed E-state index contributed by atoms with van der Waals surface area (Å²) in [6.07, 6.45) is 11.0. The molecular formula is C17H23ClN6O. The molecule has 0 radical (unpaired) electrons. The van der Waals surface area contributed by atoms with Crippen molar-refractivity contribution < 1.29 is 4.84 Å². The van der Waals surface area contributed by atoms with E-state index in [1.807, 2.05) is 40.6 Å².